The van der Waals surface area contributed by atoms with Crippen LogP contribution in [0.5, 0.6) is 0 Å². The summed E-state index contributed by atoms with van der Waals surface area (Å²) in [6, 6.07) is 7.09. The van der Waals surface area contributed by atoms with Gasteiger partial charge in [-0.1, -0.05) is 0 Å². The topological polar surface area (TPSA) is 58.6 Å². The molecule has 0 aliphatic carbocycles. The lowest BCUT2D eigenvalue weighted by Crippen LogP contribution is -2.53. The van der Waals surface area contributed by atoms with Gasteiger partial charge in [0.2, 0.25) is 0 Å². The highest BCUT2D eigenvalue weighted by molar-refractivity contribution is 5.97. The summed E-state index contributed by atoms with van der Waals surface area (Å²) in [5.41, 5.74) is 1.45. The van der Waals surface area contributed by atoms with Gasteiger partial charge in [-0.3, -0.25) is 9.59 Å². The molecule has 1 heterocycles. The van der Waals surface area contributed by atoms with Crippen molar-refractivity contribution in [3.63, 3.8) is 0 Å². The number of nitrogens with zero attached hydrogens (tertiary/aromatic N) is 1. The van der Waals surface area contributed by atoms with Crippen LogP contribution >= 0.6 is 0 Å². The van der Waals surface area contributed by atoms with Gasteiger partial charge in [0.05, 0.1) is 12.6 Å². The van der Waals surface area contributed by atoms with Gasteiger partial charge in [0.25, 0.3) is 5.91 Å². The fourth-order valence-corrected chi connectivity index (χ4v) is 2.23. The zero-order chi connectivity index (χ0) is 13.8. The standard InChI is InChI=1S/C14H18N2O3/c1-10(17)11-3-5-12(6-4-11)16-13(7-15-2)8-19-9-14(16)18/h3-6,13,15H,7-9H2,1-2H3. The summed E-state index contributed by atoms with van der Waals surface area (Å²) in [7, 11) is 1.84. The maximum atomic E-state index is 12.0. The minimum Gasteiger partial charge on any atom is -0.369 e. The molecule has 1 aromatic rings. The predicted octanol–water partition coefficient (Wildman–Crippen LogP) is 0.840. The van der Waals surface area contributed by atoms with Crippen LogP contribution in [0.2, 0.25) is 0 Å². The number of Topliss-reactive ketones (excluding diaryl/α,β-unsaturated/α-hetero) is 1. The molecule has 19 heavy (non-hydrogen) atoms. The van der Waals surface area contributed by atoms with Gasteiger partial charge < -0.3 is 15.0 Å². The molecule has 1 saturated heterocycles. The minimum atomic E-state index is -0.0536. The number of hydrogen-bond acceptors (Lipinski definition) is 4. The van der Waals surface area contributed by atoms with Crippen LogP contribution in [-0.2, 0) is 9.53 Å². The molecule has 5 heteroatoms. The molecule has 102 valence electrons. The van der Waals surface area contributed by atoms with Gasteiger partial charge in [-0.25, -0.2) is 0 Å². The zero-order valence-corrected chi connectivity index (χ0v) is 11.2. The number of ketones is 1. The van der Waals surface area contributed by atoms with Crippen molar-refractivity contribution in [1.82, 2.24) is 5.32 Å². The Hall–Kier alpha value is -1.72. The van der Waals surface area contributed by atoms with Crippen LogP contribution in [0.4, 0.5) is 5.69 Å². The third kappa shape index (κ3) is 3.00. The van der Waals surface area contributed by atoms with Gasteiger partial charge in [-0.05, 0) is 38.2 Å². The Labute approximate surface area is 112 Å². The highest BCUT2D eigenvalue weighted by Crippen LogP contribution is 2.21. The molecule has 0 spiro atoms. The van der Waals surface area contributed by atoms with E-state index in [1.165, 1.54) is 6.92 Å². The van der Waals surface area contributed by atoms with Crippen LogP contribution in [0.25, 0.3) is 0 Å². The average Bonchev–Trinajstić information content (AvgIpc) is 2.39. The largest absolute Gasteiger partial charge is 0.369 e. The Balaban J connectivity index is 2.25. The number of hydrogen-bond donors (Lipinski definition) is 1. The number of carbonyl (C=O) groups is 2. The SMILES string of the molecule is CNCC1COCC(=O)N1c1ccc(C(C)=O)cc1. The van der Waals surface area contributed by atoms with E-state index in [0.717, 1.165) is 5.69 Å². The number of nitrogens with one attached hydrogen (secondary N) is 1. The molecule has 1 amide bonds. The Bertz CT molecular complexity index is 468. The number of likely N-dealkylation sites (N-methyl/N-ethyl adjacent to an activating group) is 1. The van der Waals surface area contributed by atoms with E-state index in [9.17, 15) is 9.59 Å². The number of amides is 1. The average molecular weight is 262 g/mol. The van der Waals surface area contributed by atoms with Crippen LogP contribution in [0, 0.1) is 0 Å². The van der Waals surface area contributed by atoms with Gasteiger partial charge in [0.1, 0.15) is 6.61 Å². The van der Waals surface area contributed by atoms with Crippen molar-refractivity contribution in [3.05, 3.63) is 29.8 Å². The smallest absolute Gasteiger partial charge is 0.253 e. The fourth-order valence-electron chi connectivity index (χ4n) is 2.23. The third-order valence-corrected chi connectivity index (χ3v) is 3.16. The van der Waals surface area contributed by atoms with Crippen molar-refractivity contribution in [2.75, 3.05) is 31.7 Å². The summed E-state index contributed by atoms with van der Waals surface area (Å²) in [6.07, 6.45) is 0. The molecule has 0 bridgehead atoms. The normalized spacial score (nSPS) is 19.6. The van der Waals surface area contributed by atoms with E-state index in [1.54, 1.807) is 17.0 Å². The first-order chi connectivity index (χ1) is 9.13. The Morgan fingerprint density at radius 3 is 2.68 bits per heavy atom. The van der Waals surface area contributed by atoms with E-state index in [4.69, 9.17) is 4.74 Å². The fraction of sp³-hybridized carbons (Fsp3) is 0.429. The molecule has 0 saturated carbocycles. The van der Waals surface area contributed by atoms with Crippen LogP contribution < -0.4 is 10.2 Å². The van der Waals surface area contributed by atoms with Crippen LogP contribution in [-0.4, -0.2) is 44.5 Å². The number of morpholine rings is 1. The predicted molar refractivity (Wildman–Crippen MR) is 72.5 cm³/mol. The molecule has 5 nitrogen and oxygen atoms in total. The van der Waals surface area contributed by atoms with E-state index in [0.29, 0.717) is 18.7 Å². The van der Waals surface area contributed by atoms with Crippen molar-refractivity contribution in [2.45, 2.75) is 13.0 Å². The zero-order valence-electron chi connectivity index (χ0n) is 11.2. The molecule has 1 aliphatic heterocycles. The molecule has 1 aromatic carbocycles. The summed E-state index contributed by atoms with van der Waals surface area (Å²) in [6.45, 7) is 2.81. The van der Waals surface area contributed by atoms with Gasteiger partial charge in [-0.15, -0.1) is 0 Å². The summed E-state index contributed by atoms with van der Waals surface area (Å²) in [4.78, 5) is 25.0. The van der Waals surface area contributed by atoms with Crippen molar-refractivity contribution < 1.29 is 14.3 Å². The van der Waals surface area contributed by atoms with Gasteiger partial charge in [0, 0.05) is 17.8 Å². The lowest BCUT2D eigenvalue weighted by Gasteiger charge is -2.35. The maximum absolute atomic E-state index is 12.0. The minimum absolute atomic E-state index is 0.0190. The second kappa shape index (κ2) is 5.95. The van der Waals surface area contributed by atoms with Crippen molar-refractivity contribution in [3.8, 4) is 0 Å². The summed E-state index contributed by atoms with van der Waals surface area (Å²) >= 11 is 0. The number of benzene rings is 1. The van der Waals surface area contributed by atoms with Crippen molar-refractivity contribution in [1.29, 1.82) is 0 Å². The molecule has 1 N–H and O–H groups in total. The van der Waals surface area contributed by atoms with E-state index in [1.807, 2.05) is 19.2 Å². The highest BCUT2D eigenvalue weighted by Gasteiger charge is 2.29. The lowest BCUT2D eigenvalue weighted by molar-refractivity contribution is -0.127. The summed E-state index contributed by atoms with van der Waals surface area (Å²) < 4.78 is 5.28. The summed E-state index contributed by atoms with van der Waals surface area (Å²) in [5.74, 6) is -0.0336. The number of carbonyl (C=O) groups excluding carboxylic acids is 2. The van der Waals surface area contributed by atoms with Gasteiger partial charge >= 0.3 is 0 Å². The molecule has 1 atom stereocenters. The number of anilines is 1. The van der Waals surface area contributed by atoms with Crippen LogP contribution in [0.15, 0.2) is 24.3 Å². The van der Waals surface area contributed by atoms with Gasteiger partial charge in [-0.2, -0.15) is 0 Å². The maximum Gasteiger partial charge on any atom is 0.253 e. The molecule has 1 aliphatic rings. The highest BCUT2D eigenvalue weighted by atomic mass is 16.5. The first-order valence-corrected chi connectivity index (χ1v) is 6.29. The monoisotopic (exact) mass is 262 g/mol. The first kappa shape index (κ1) is 13.7. The molecule has 1 fully saturated rings. The van der Waals surface area contributed by atoms with E-state index >= 15 is 0 Å². The van der Waals surface area contributed by atoms with E-state index < -0.39 is 0 Å². The second-order valence-corrected chi connectivity index (χ2v) is 4.59. The van der Waals surface area contributed by atoms with Gasteiger partial charge in [0.15, 0.2) is 5.78 Å². The van der Waals surface area contributed by atoms with E-state index in [-0.39, 0.29) is 24.3 Å². The molecule has 2 rings (SSSR count). The molecule has 0 radical (unpaired) electrons. The molecular formula is C14H18N2O3. The second-order valence-electron chi connectivity index (χ2n) is 4.59. The number of rotatable bonds is 4. The first-order valence-electron chi connectivity index (χ1n) is 6.29. The quantitative estimate of drug-likeness (QED) is 0.817. The van der Waals surface area contributed by atoms with Crippen LogP contribution in [0.1, 0.15) is 17.3 Å². The Kier molecular flexibility index (Phi) is 4.29. The number of ether oxygens (including phenoxy) is 1. The lowest BCUT2D eigenvalue weighted by atomic mass is 10.1. The Morgan fingerprint density at radius 1 is 1.42 bits per heavy atom. The molecule has 0 aromatic heterocycles. The van der Waals surface area contributed by atoms with Crippen molar-refractivity contribution >= 4 is 17.4 Å². The molecule has 1 unspecified atom stereocenters. The molecular weight excluding hydrogens is 244 g/mol. The van der Waals surface area contributed by atoms with Crippen molar-refractivity contribution in [2.24, 2.45) is 0 Å². The van der Waals surface area contributed by atoms with E-state index in [2.05, 4.69) is 5.32 Å². The Morgan fingerprint density at radius 2 is 2.11 bits per heavy atom. The van der Waals surface area contributed by atoms with Crippen LogP contribution in [0.3, 0.4) is 0 Å². The summed E-state index contributed by atoms with van der Waals surface area (Å²) in [5, 5.41) is 3.06. The third-order valence-electron chi connectivity index (χ3n) is 3.16.